The molecule has 1 aromatic rings. The summed E-state index contributed by atoms with van der Waals surface area (Å²) >= 11 is 0. The van der Waals surface area contributed by atoms with Crippen molar-refractivity contribution >= 4 is 23.4 Å². The molecule has 2 aliphatic rings. The second kappa shape index (κ2) is 9.65. The van der Waals surface area contributed by atoms with Gasteiger partial charge in [0.15, 0.2) is 0 Å². The van der Waals surface area contributed by atoms with Gasteiger partial charge in [0.1, 0.15) is 12.3 Å². The molecule has 1 fully saturated rings. The molecule has 0 aromatic heterocycles. The summed E-state index contributed by atoms with van der Waals surface area (Å²) in [6.07, 6.45) is 0.198. The molecule has 156 valence electrons. The SMILES string of the molecule is CC(C)CN1CC(OCc2ccccc2)CN(C(=O)C2=NNC(=O)CC2)CC1=O. The second-order valence-corrected chi connectivity index (χ2v) is 7.89. The maximum absolute atomic E-state index is 12.9. The summed E-state index contributed by atoms with van der Waals surface area (Å²) in [5.74, 6) is -0.314. The molecule has 0 bridgehead atoms. The quantitative estimate of drug-likeness (QED) is 0.776. The number of amides is 3. The highest BCUT2D eigenvalue weighted by molar-refractivity contribution is 6.39. The smallest absolute Gasteiger partial charge is 0.270 e. The third-order valence-electron chi connectivity index (χ3n) is 4.88. The van der Waals surface area contributed by atoms with Crippen molar-refractivity contribution in [3.63, 3.8) is 0 Å². The lowest BCUT2D eigenvalue weighted by molar-refractivity contribution is -0.136. The normalized spacial score (nSPS) is 20.4. The molecule has 3 amide bonds. The van der Waals surface area contributed by atoms with Gasteiger partial charge in [0.25, 0.3) is 5.91 Å². The molecule has 0 saturated carbocycles. The van der Waals surface area contributed by atoms with Crippen LogP contribution in [-0.2, 0) is 25.7 Å². The zero-order chi connectivity index (χ0) is 20.8. The summed E-state index contributed by atoms with van der Waals surface area (Å²) in [7, 11) is 0. The number of carbonyl (C=O) groups excluding carboxylic acids is 3. The standard InChI is InChI=1S/C21H28N4O4/c1-15(2)10-24-11-17(29-14-16-6-4-3-5-7-16)12-25(13-20(24)27)21(28)18-8-9-19(26)23-22-18/h3-7,15,17H,8-14H2,1-2H3,(H,23,26). The van der Waals surface area contributed by atoms with Crippen LogP contribution < -0.4 is 5.43 Å². The number of hydrazone groups is 1. The molecule has 8 heteroatoms. The van der Waals surface area contributed by atoms with Gasteiger partial charge in [0.05, 0.1) is 12.7 Å². The van der Waals surface area contributed by atoms with Crippen LogP contribution in [0.4, 0.5) is 0 Å². The van der Waals surface area contributed by atoms with Gasteiger partial charge < -0.3 is 14.5 Å². The van der Waals surface area contributed by atoms with Crippen molar-refractivity contribution in [1.82, 2.24) is 15.2 Å². The molecule has 0 spiro atoms. The largest absolute Gasteiger partial charge is 0.370 e. The Bertz CT molecular complexity index is 778. The molecule has 2 heterocycles. The van der Waals surface area contributed by atoms with Crippen LogP contribution in [0.25, 0.3) is 0 Å². The van der Waals surface area contributed by atoms with E-state index in [0.29, 0.717) is 32.2 Å². The Labute approximate surface area is 170 Å². The first-order valence-corrected chi connectivity index (χ1v) is 10.0. The first-order valence-electron chi connectivity index (χ1n) is 10.0. The minimum Gasteiger partial charge on any atom is -0.370 e. The maximum Gasteiger partial charge on any atom is 0.270 e. The number of nitrogens with one attached hydrogen (secondary N) is 1. The lowest BCUT2D eigenvalue weighted by Gasteiger charge is -2.26. The number of benzene rings is 1. The molecule has 2 aliphatic heterocycles. The van der Waals surface area contributed by atoms with Crippen LogP contribution in [0.2, 0.25) is 0 Å². The number of hydrogen-bond acceptors (Lipinski definition) is 5. The van der Waals surface area contributed by atoms with Crippen molar-refractivity contribution in [1.29, 1.82) is 0 Å². The van der Waals surface area contributed by atoms with Gasteiger partial charge >= 0.3 is 0 Å². The summed E-state index contributed by atoms with van der Waals surface area (Å²) in [4.78, 5) is 40.3. The first-order chi connectivity index (χ1) is 13.9. The minimum atomic E-state index is -0.321. The van der Waals surface area contributed by atoms with Gasteiger partial charge in [0, 0.05) is 32.5 Å². The molecule has 1 unspecified atom stereocenters. The molecule has 8 nitrogen and oxygen atoms in total. The van der Waals surface area contributed by atoms with Crippen molar-refractivity contribution in [3.05, 3.63) is 35.9 Å². The molecule has 3 rings (SSSR count). The average molecular weight is 400 g/mol. The van der Waals surface area contributed by atoms with Gasteiger partial charge in [0.2, 0.25) is 11.8 Å². The molecular formula is C21H28N4O4. The monoisotopic (exact) mass is 400 g/mol. The van der Waals surface area contributed by atoms with Gasteiger partial charge in [-0.1, -0.05) is 44.2 Å². The summed E-state index contributed by atoms with van der Waals surface area (Å²) in [6.45, 7) is 5.87. The molecule has 1 atom stereocenters. The van der Waals surface area contributed by atoms with Crippen molar-refractivity contribution in [2.45, 2.75) is 39.4 Å². The highest BCUT2D eigenvalue weighted by Crippen LogP contribution is 2.14. The first kappa shape index (κ1) is 21.0. The Kier molecular flexibility index (Phi) is 6.98. The lowest BCUT2D eigenvalue weighted by Crippen LogP contribution is -2.45. The third kappa shape index (κ3) is 5.87. The van der Waals surface area contributed by atoms with E-state index in [-0.39, 0.29) is 48.9 Å². The maximum atomic E-state index is 12.9. The molecular weight excluding hydrogens is 372 g/mol. The van der Waals surface area contributed by atoms with E-state index in [1.54, 1.807) is 4.90 Å². The molecule has 0 aliphatic carbocycles. The van der Waals surface area contributed by atoms with Crippen LogP contribution >= 0.6 is 0 Å². The van der Waals surface area contributed by atoms with Crippen molar-refractivity contribution in [3.8, 4) is 0 Å². The van der Waals surface area contributed by atoms with Gasteiger partial charge in [-0.15, -0.1) is 0 Å². The average Bonchev–Trinajstić information content (AvgIpc) is 2.86. The summed E-state index contributed by atoms with van der Waals surface area (Å²) in [6, 6.07) is 9.81. The fraction of sp³-hybridized carbons (Fsp3) is 0.524. The summed E-state index contributed by atoms with van der Waals surface area (Å²) < 4.78 is 6.10. The number of hydrogen-bond donors (Lipinski definition) is 1. The van der Waals surface area contributed by atoms with Crippen LogP contribution in [0, 0.1) is 5.92 Å². The Morgan fingerprint density at radius 1 is 1.21 bits per heavy atom. The Morgan fingerprint density at radius 3 is 2.62 bits per heavy atom. The summed E-state index contributed by atoms with van der Waals surface area (Å²) in [5.41, 5.74) is 3.66. The van der Waals surface area contributed by atoms with E-state index in [1.807, 2.05) is 30.3 Å². The zero-order valence-electron chi connectivity index (χ0n) is 17.0. The topological polar surface area (TPSA) is 91.3 Å². The lowest BCUT2D eigenvalue weighted by atomic mass is 10.1. The van der Waals surface area contributed by atoms with E-state index < -0.39 is 0 Å². The van der Waals surface area contributed by atoms with E-state index in [4.69, 9.17) is 4.74 Å². The van der Waals surface area contributed by atoms with Gasteiger partial charge in [-0.25, -0.2) is 5.43 Å². The fourth-order valence-electron chi connectivity index (χ4n) is 3.46. The fourth-order valence-corrected chi connectivity index (χ4v) is 3.46. The third-order valence-corrected chi connectivity index (χ3v) is 4.88. The molecule has 1 N–H and O–H groups in total. The Balaban J connectivity index is 1.73. The molecule has 29 heavy (non-hydrogen) atoms. The van der Waals surface area contributed by atoms with Crippen LogP contribution in [0.1, 0.15) is 32.3 Å². The van der Waals surface area contributed by atoms with E-state index in [2.05, 4.69) is 24.4 Å². The number of nitrogens with zero attached hydrogens (tertiary/aromatic N) is 3. The van der Waals surface area contributed by atoms with Crippen molar-refractivity contribution in [2.75, 3.05) is 26.2 Å². The van der Waals surface area contributed by atoms with Gasteiger partial charge in [-0.2, -0.15) is 5.10 Å². The van der Waals surface area contributed by atoms with Crippen LogP contribution in [0.5, 0.6) is 0 Å². The minimum absolute atomic E-state index is 0.0102. The molecule has 1 aromatic carbocycles. The number of ether oxygens (including phenoxy) is 1. The molecule has 1 saturated heterocycles. The van der Waals surface area contributed by atoms with Crippen LogP contribution in [-0.4, -0.2) is 65.5 Å². The van der Waals surface area contributed by atoms with Gasteiger partial charge in [-0.3, -0.25) is 14.4 Å². The van der Waals surface area contributed by atoms with E-state index in [1.165, 1.54) is 4.90 Å². The molecule has 0 radical (unpaired) electrons. The highest BCUT2D eigenvalue weighted by atomic mass is 16.5. The van der Waals surface area contributed by atoms with Crippen molar-refractivity contribution < 1.29 is 19.1 Å². The second-order valence-electron chi connectivity index (χ2n) is 7.89. The zero-order valence-corrected chi connectivity index (χ0v) is 17.0. The summed E-state index contributed by atoms with van der Waals surface area (Å²) in [5, 5.41) is 3.89. The Morgan fingerprint density at radius 2 is 1.97 bits per heavy atom. The highest BCUT2D eigenvalue weighted by Gasteiger charge is 2.33. The Hall–Kier alpha value is -2.74. The predicted molar refractivity (Wildman–Crippen MR) is 108 cm³/mol. The van der Waals surface area contributed by atoms with Crippen molar-refractivity contribution in [2.24, 2.45) is 11.0 Å². The number of carbonyl (C=O) groups is 3. The van der Waals surface area contributed by atoms with Crippen LogP contribution in [0.3, 0.4) is 0 Å². The number of rotatable bonds is 6. The van der Waals surface area contributed by atoms with E-state index >= 15 is 0 Å². The van der Waals surface area contributed by atoms with Crippen LogP contribution in [0.15, 0.2) is 35.4 Å². The van der Waals surface area contributed by atoms with E-state index in [0.717, 1.165) is 5.56 Å². The predicted octanol–water partition coefficient (Wildman–Crippen LogP) is 1.16. The van der Waals surface area contributed by atoms with E-state index in [9.17, 15) is 14.4 Å². The van der Waals surface area contributed by atoms with Gasteiger partial charge in [-0.05, 0) is 11.5 Å².